The molecule has 3 nitrogen and oxygen atoms in total. The standard InChI is InChI=1S/C5H8N2O/c6-4-3-1-2-7(3)5(4)8/h3-4H,1-2,6H2. The molecule has 0 radical (unpaired) electrons. The molecule has 8 heavy (non-hydrogen) atoms. The van der Waals surface area contributed by atoms with Crippen LogP contribution < -0.4 is 5.73 Å². The summed E-state index contributed by atoms with van der Waals surface area (Å²) >= 11 is 0. The Morgan fingerprint density at radius 1 is 1.75 bits per heavy atom. The maximum Gasteiger partial charge on any atom is 0.241 e. The highest BCUT2D eigenvalue weighted by atomic mass is 16.2. The fourth-order valence-corrected chi connectivity index (χ4v) is 1.33. The van der Waals surface area contributed by atoms with Crippen LogP contribution in [0.15, 0.2) is 0 Å². The molecule has 44 valence electrons. The lowest BCUT2D eigenvalue weighted by molar-refractivity contribution is -0.159. The largest absolute Gasteiger partial charge is 0.336 e. The molecule has 0 spiro atoms. The number of piperidine rings is 1. The highest BCUT2D eigenvalue weighted by Gasteiger charge is 2.50. The molecular formula is C5H8N2O. The Hall–Kier alpha value is -0.570. The van der Waals surface area contributed by atoms with Gasteiger partial charge in [0.25, 0.3) is 0 Å². The van der Waals surface area contributed by atoms with Crippen LogP contribution in [0.25, 0.3) is 0 Å². The number of nitrogens with two attached hydrogens (primary N) is 1. The molecule has 0 saturated carbocycles. The van der Waals surface area contributed by atoms with Gasteiger partial charge in [-0.05, 0) is 6.42 Å². The number of amides is 1. The molecule has 3 heteroatoms. The number of hydrogen-bond donors (Lipinski definition) is 1. The summed E-state index contributed by atoms with van der Waals surface area (Å²) in [5.41, 5.74) is 5.42. The van der Waals surface area contributed by atoms with Crippen molar-refractivity contribution in [2.24, 2.45) is 5.73 Å². The van der Waals surface area contributed by atoms with Crippen LogP contribution in [-0.2, 0) is 4.79 Å². The van der Waals surface area contributed by atoms with Crippen LogP contribution in [0.4, 0.5) is 0 Å². The number of carbonyl (C=O) groups is 1. The molecule has 0 bridgehead atoms. The minimum Gasteiger partial charge on any atom is -0.336 e. The Morgan fingerprint density at radius 3 is 2.62 bits per heavy atom. The van der Waals surface area contributed by atoms with E-state index in [0.717, 1.165) is 13.0 Å². The molecule has 2 fully saturated rings. The van der Waals surface area contributed by atoms with Gasteiger partial charge >= 0.3 is 0 Å². The summed E-state index contributed by atoms with van der Waals surface area (Å²) < 4.78 is 0. The first-order valence-corrected chi connectivity index (χ1v) is 2.87. The number of nitrogens with zero attached hydrogens (tertiary/aromatic N) is 1. The van der Waals surface area contributed by atoms with E-state index < -0.39 is 0 Å². The van der Waals surface area contributed by atoms with Crippen molar-refractivity contribution in [1.29, 1.82) is 0 Å². The molecule has 0 aromatic carbocycles. The average molecular weight is 112 g/mol. The monoisotopic (exact) mass is 112 g/mol. The van der Waals surface area contributed by atoms with Crippen LogP contribution in [0.3, 0.4) is 0 Å². The highest BCUT2D eigenvalue weighted by molar-refractivity contribution is 5.90. The van der Waals surface area contributed by atoms with Crippen molar-refractivity contribution >= 4 is 5.91 Å². The molecule has 0 aromatic rings. The lowest BCUT2D eigenvalue weighted by Gasteiger charge is -2.53. The maximum absolute atomic E-state index is 10.6. The summed E-state index contributed by atoms with van der Waals surface area (Å²) in [5.74, 6) is 0.140. The normalized spacial score (nSPS) is 42.6. The van der Waals surface area contributed by atoms with Crippen molar-refractivity contribution in [3.05, 3.63) is 0 Å². The second kappa shape index (κ2) is 1.05. The molecule has 0 aliphatic carbocycles. The third-order valence-corrected chi connectivity index (χ3v) is 2.05. The molecule has 2 aliphatic heterocycles. The van der Waals surface area contributed by atoms with Crippen molar-refractivity contribution in [1.82, 2.24) is 4.90 Å². The number of fused-ring (bicyclic) bond motifs is 1. The Morgan fingerprint density at radius 2 is 2.50 bits per heavy atom. The zero-order valence-corrected chi connectivity index (χ0v) is 4.50. The van der Waals surface area contributed by atoms with Crippen LogP contribution in [0, 0.1) is 0 Å². The van der Waals surface area contributed by atoms with Crippen molar-refractivity contribution in [3.8, 4) is 0 Å². The van der Waals surface area contributed by atoms with Gasteiger partial charge in [0.1, 0.15) is 6.04 Å². The molecule has 2 rings (SSSR count). The van der Waals surface area contributed by atoms with E-state index in [9.17, 15) is 4.79 Å². The van der Waals surface area contributed by atoms with E-state index in [0.29, 0.717) is 6.04 Å². The summed E-state index contributed by atoms with van der Waals surface area (Å²) in [6.45, 7) is 0.942. The van der Waals surface area contributed by atoms with Gasteiger partial charge in [0.2, 0.25) is 5.91 Å². The van der Waals surface area contributed by atoms with Crippen LogP contribution in [0.1, 0.15) is 6.42 Å². The number of carbonyl (C=O) groups excluding carboxylic acids is 1. The molecule has 0 aromatic heterocycles. The molecule has 1 amide bonds. The fourth-order valence-electron chi connectivity index (χ4n) is 1.33. The topological polar surface area (TPSA) is 46.3 Å². The number of β-lactam (4-membered cyclic amide) rings is 1. The van der Waals surface area contributed by atoms with Gasteiger partial charge < -0.3 is 10.6 Å². The van der Waals surface area contributed by atoms with E-state index in [2.05, 4.69) is 0 Å². The summed E-state index contributed by atoms with van der Waals surface area (Å²) in [5, 5.41) is 0. The lowest BCUT2D eigenvalue weighted by Crippen LogP contribution is -2.75. The van der Waals surface area contributed by atoms with E-state index in [1.807, 2.05) is 4.90 Å². The zero-order valence-electron chi connectivity index (χ0n) is 4.50. The second-order valence-corrected chi connectivity index (χ2v) is 2.41. The SMILES string of the molecule is NC1C(=O)N2CCC12. The molecule has 2 heterocycles. The lowest BCUT2D eigenvalue weighted by atomic mass is 9.85. The summed E-state index contributed by atoms with van der Waals surface area (Å²) in [7, 11) is 0. The van der Waals surface area contributed by atoms with E-state index in [1.54, 1.807) is 0 Å². The number of hydrogen-bond acceptors (Lipinski definition) is 2. The fraction of sp³-hybridized carbons (Fsp3) is 0.800. The third kappa shape index (κ3) is 0.255. The van der Waals surface area contributed by atoms with E-state index in [4.69, 9.17) is 5.73 Å². The Balaban J connectivity index is 2.13. The summed E-state index contributed by atoms with van der Waals surface area (Å²) in [4.78, 5) is 12.4. The van der Waals surface area contributed by atoms with Gasteiger partial charge in [-0.2, -0.15) is 0 Å². The maximum atomic E-state index is 10.6. The first-order valence-electron chi connectivity index (χ1n) is 2.87. The van der Waals surface area contributed by atoms with Gasteiger partial charge in [0.15, 0.2) is 0 Å². The molecule has 2 aliphatic rings. The van der Waals surface area contributed by atoms with E-state index >= 15 is 0 Å². The Kier molecular flexibility index (Phi) is 0.568. The smallest absolute Gasteiger partial charge is 0.241 e. The minimum absolute atomic E-state index is 0.140. The van der Waals surface area contributed by atoms with Gasteiger partial charge in [0.05, 0.1) is 6.04 Å². The summed E-state index contributed by atoms with van der Waals surface area (Å²) in [6.07, 6.45) is 1.12. The van der Waals surface area contributed by atoms with Gasteiger partial charge in [-0.1, -0.05) is 0 Å². The number of rotatable bonds is 0. The minimum atomic E-state index is -0.149. The van der Waals surface area contributed by atoms with Crippen molar-refractivity contribution < 1.29 is 4.79 Å². The van der Waals surface area contributed by atoms with E-state index in [-0.39, 0.29) is 11.9 Å². The highest BCUT2D eigenvalue weighted by Crippen LogP contribution is 2.29. The zero-order chi connectivity index (χ0) is 5.72. The van der Waals surface area contributed by atoms with Crippen molar-refractivity contribution in [2.75, 3.05) is 6.54 Å². The quantitative estimate of drug-likeness (QED) is 0.405. The second-order valence-electron chi connectivity index (χ2n) is 2.41. The van der Waals surface area contributed by atoms with Crippen molar-refractivity contribution in [3.63, 3.8) is 0 Å². The first-order chi connectivity index (χ1) is 3.80. The predicted octanol–water partition coefficient (Wildman–Crippen LogP) is -1.07. The molecule has 2 unspecified atom stereocenters. The predicted molar refractivity (Wildman–Crippen MR) is 28.1 cm³/mol. The third-order valence-electron chi connectivity index (χ3n) is 2.05. The Bertz CT molecular complexity index is 137. The van der Waals surface area contributed by atoms with Gasteiger partial charge in [-0.15, -0.1) is 0 Å². The Labute approximate surface area is 47.4 Å². The van der Waals surface area contributed by atoms with Crippen molar-refractivity contribution in [2.45, 2.75) is 18.5 Å². The summed E-state index contributed by atoms with van der Waals surface area (Å²) in [6, 6.07) is 0.270. The van der Waals surface area contributed by atoms with E-state index in [1.165, 1.54) is 0 Å². The first kappa shape index (κ1) is 4.32. The molecular weight excluding hydrogens is 104 g/mol. The van der Waals surface area contributed by atoms with Crippen LogP contribution in [0.5, 0.6) is 0 Å². The van der Waals surface area contributed by atoms with Gasteiger partial charge in [0, 0.05) is 6.54 Å². The average Bonchev–Trinajstić information content (AvgIpc) is 1.64. The van der Waals surface area contributed by atoms with Crippen LogP contribution in [0.2, 0.25) is 0 Å². The van der Waals surface area contributed by atoms with Crippen LogP contribution >= 0.6 is 0 Å². The van der Waals surface area contributed by atoms with Gasteiger partial charge in [-0.3, -0.25) is 4.79 Å². The molecule has 2 saturated heterocycles. The van der Waals surface area contributed by atoms with Gasteiger partial charge in [-0.25, -0.2) is 0 Å². The molecule has 2 N–H and O–H groups in total. The molecule has 2 atom stereocenters. The van der Waals surface area contributed by atoms with Crippen LogP contribution in [-0.4, -0.2) is 29.4 Å².